The number of hydrogen-bond donors (Lipinski definition) is 1. The molecule has 0 bridgehead atoms. The molecule has 0 aliphatic rings. The van der Waals surface area contributed by atoms with Gasteiger partial charge in [0, 0.05) is 5.75 Å². The third-order valence-electron chi connectivity index (χ3n) is 3.27. The first kappa shape index (κ1) is 15.5. The highest BCUT2D eigenvalue weighted by Gasteiger charge is 2.46. The van der Waals surface area contributed by atoms with E-state index in [-0.39, 0.29) is 12.2 Å². The molecule has 0 saturated carbocycles. The van der Waals surface area contributed by atoms with Crippen LogP contribution < -0.4 is 0 Å². The van der Waals surface area contributed by atoms with E-state index in [0.29, 0.717) is 5.56 Å². The number of alkyl halides is 1. The molecule has 1 aromatic carbocycles. The summed E-state index contributed by atoms with van der Waals surface area (Å²) < 4.78 is 22.5. The molecule has 1 rings (SSSR count). The number of rotatable bonds is 5. The van der Waals surface area contributed by atoms with Crippen LogP contribution in [0.5, 0.6) is 0 Å². The number of benzene rings is 1. The summed E-state index contributed by atoms with van der Waals surface area (Å²) in [6, 6.07) is 7.13. The van der Waals surface area contributed by atoms with Crippen molar-refractivity contribution in [1.82, 2.24) is 0 Å². The van der Waals surface area contributed by atoms with Crippen LogP contribution in [0.25, 0.3) is 0 Å². The Morgan fingerprint density at radius 2 is 1.89 bits per heavy atom. The molecular weight excluding hydrogens is 272 g/mol. The highest BCUT2D eigenvalue weighted by atomic mass is 35.5. The van der Waals surface area contributed by atoms with Gasteiger partial charge in [0.25, 0.3) is 0 Å². The summed E-state index contributed by atoms with van der Waals surface area (Å²) in [6.07, 6.45) is -1.07. The maximum absolute atomic E-state index is 12.1. The molecule has 5 heteroatoms. The van der Waals surface area contributed by atoms with Crippen molar-refractivity contribution in [2.45, 2.75) is 37.5 Å². The Hall–Kier alpha value is -0.580. The van der Waals surface area contributed by atoms with Gasteiger partial charge in [0.1, 0.15) is 6.10 Å². The third-order valence-corrected chi connectivity index (χ3v) is 6.76. The Kier molecular flexibility index (Phi) is 4.81. The van der Waals surface area contributed by atoms with Crippen LogP contribution in [0.4, 0.5) is 0 Å². The van der Waals surface area contributed by atoms with Crippen LogP contribution in [0.15, 0.2) is 24.3 Å². The summed E-state index contributed by atoms with van der Waals surface area (Å²) in [6.45, 7) is 5.03. The Bertz CT molecular complexity index is 513. The van der Waals surface area contributed by atoms with Gasteiger partial charge >= 0.3 is 0 Å². The van der Waals surface area contributed by atoms with E-state index in [0.717, 1.165) is 5.56 Å². The molecule has 1 aromatic rings. The number of aliphatic hydroxyl groups is 1. The van der Waals surface area contributed by atoms with Gasteiger partial charge in [0.2, 0.25) is 0 Å². The van der Waals surface area contributed by atoms with E-state index < -0.39 is 20.1 Å². The second kappa shape index (κ2) is 5.59. The van der Waals surface area contributed by atoms with Crippen LogP contribution in [0, 0.1) is 6.92 Å². The number of sulfone groups is 1. The van der Waals surface area contributed by atoms with E-state index in [1.807, 2.05) is 19.1 Å². The molecule has 0 heterocycles. The molecule has 0 amide bonds. The number of hydrogen-bond acceptors (Lipinski definition) is 3. The monoisotopic (exact) mass is 290 g/mol. The van der Waals surface area contributed by atoms with E-state index in [2.05, 4.69) is 0 Å². The lowest BCUT2D eigenvalue weighted by molar-refractivity contribution is 0.154. The summed E-state index contributed by atoms with van der Waals surface area (Å²) in [7, 11) is -3.56. The first-order valence-electron chi connectivity index (χ1n) is 5.95. The van der Waals surface area contributed by atoms with E-state index in [1.54, 1.807) is 19.1 Å². The van der Waals surface area contributed by atoms with Crippen molar-refractivity contribution >= 4 is 21.4 Å². The van der Waals surface area contributed by atoms with Crippen molar-refractivity contribution in [3.63, 3.8) is 0 Å². The lowest BCUT2D eigenvalue weighted by atomic mass is 9.99. The first-order valence-corrected chi connectivity index (χ1v) is 7.98. The lowest BCUT2D eigenvalue weighted by Crippen LogP contribution is -2.40. The smallest absolute Gasteiger partial charge is 0.175 e. The van der Waals surface area contributed by atoms with E-state index in [1.165, 1.54) is 6.92 Å². The fraction of sp³-hybridized carbons (Fsp3) is 0.538. The largest absolute Gasteiger partial charge is 0.385 e. The molecule has 0 radical (unpaired) electrons. The van der Waals surface area contributed by atoms with Gasteiger partial charge in [-0.25, -0.2) is 8.42 Å². The lowest BCUT2D eigenvalue weighted by Gasteiger charge is -2.31. The molecule has 18 heavy (non-hydrogen) atoms. The summed E-state index contributed by atoms with van der Waals surface area (Å²) in [5.74, 6) is -0.0900. The fourth-order valence-electron chi connectivity index (χ4n) is 1.95. The van der Waals surface area contributed by atoms with Crippen LogP contribution >= 0.6 is 11.6 Å². The highest BCUT2D eigenvalue weighted by molar-refractivity contribution is 7.94. The van der Waals surface area contributed by atoms with Gasteiger partial charge in [-0.2, -0.15) is 0 Å². The molecular formula is C13H19ClO3S. The van der Waals surface area contributed by atoms with Gasteiger partial charge in [-0.3, -0.25) is 0 Å². The second-order valence-corrected chi connectivity index (χ2v) is 7.74. The van der Waals surface area contributed by atoms with Gasteiger partial charge in [-0.15, -0.1) is 0 Å². The van der Waals surface area contributed by atoms with Crippen LogP contribution in [0.2, 0.25) is 0 Å². The minimum absolute atomic E-state index is 0.0900. The maximum atomic E-state index is 12.1. The molecule has 2 atom stereocenters. The molecule has 102 valence electrons. The Morgan fingerprint density at radius 1 is 1.33 bits per heavy atom. The second-order valence-electron chi connectivity index (χ2n) is 4.30. The third kappa shape index (κ3) is 2.56. The zero-order chi connectivity index (χ0) is 14.0. The van der Waals surface area contributed by atoms with Crippen molar-refractivity contribution in [3.8, 4) is 0 Å². The van der Waals surface area contributed by atoms with Crippen molar-refractivity contribution in [3.05, 3.63) is 35.4 Å². The molecule has 0 spiro atoms. The molecule has 0 aromatic heterocycles. The zero-order valence-electron chi connectivity index (χ0n) is 10.9. The van der Waals surface area contributed by atoms with Crippen molar-refractivity contribution in [2.24, 2.45) is 0 Å². The Labute approximate surface area is 114 Å². The molecule has 0 aliphatic heterocycles. The molecule has 0 aliphatic carbocycles. The van der Waals surface area contributed by atoms with Gasteiger partial charge in [-0.1, -0.05) is 49.7 Å². The summed E-state index contributed by atoms with van der Waals surface area (Å²) in [5.41, 5.74) is 1.39. The van der Waals surface area contributed by atoms with E-state index in [4.69, 9.17) is 11.6 Å². The number of halogens is 1. The van der Waals surface area contributed by atoms with Crippen LogP contribution in [0.1, 0.15) is 37.5 Å². The SMILES string of the molecule is CC[C@](Cl)([C@@H](O)c1ccccc1C)S(=O)(=O)CC. The Morgan fingerprint density at radius 3 is 2.33 bits per heavy atom. The van der Waals surface area contributed by atoms with Crippen molar-refractivity contribution in [2.75, 3.05) is 5.75 Å². The normalized spacial score (nSPS) is 17.2. The van der Waals surface area contributed by atoms with E-state index in [9.17, 15) is 13.5 Å². The standard InChI is InChI=1S/C13H19ClO3S/c1-4-13(14,18(16,17)5-2)12(15)11-9-7-6-8-10(11)3/h6-9,12,15H,4-5H2,1-3H3/t12-,13+/m0/s1. The van der Waals surface area contributed by atoms with E-state index >= 15 is 0 Å². The van der Waals surface area contributed by atoms with Crippen LogP contribution in [-0.2, 0) is 9.84 Å². The predicted molar refractivity (Wildman–Crippen MR) is 74.5 cm³/mol. The van der Waals surface area contributed by atoms with Gasteiger partial charge in [0.15, 0.2) is 14.0 Å². The van der Waals surface area contributed by atoms with Crippen LogP contribution in [-0.4, -0.2) is 23.5 Å². The first-order chi connectivity index (χ1) is 8.30. The molecule has 0 fully saturated rings. The minimum atomic E-state index is -3.56. The summed E-state index contributed by atoms with van der Waals surface area (Å²) in [5, 5.41) is 10.4. The summed E-state index contributed by atoms with van der Waals surface area (Å²) in [4.78, 5) is 0. The predicted octanol–water partition coefficient (Wildman–Crippen LogP) is 2.81. The number of aryl methyl sites for hydroxylation is 1. The van der Waals surface area contributed by atoms with Gasteiger partial charge < -0.3 is 5.11 Å². The quantitative estimate of drug-likeness (QED) is 0.849. The zero-order valence-corrected chi connectivity index (χ0v) is 12.4. The fourth-order valence-corrected chi connectivity index (χ4v) is 3.78. The topological polar surface area (TPSA) is 54.4 Å². The molecule has 1 N–H and O–H groups in total. The van der Waals surface area contributed by atoms with Crippen LogP contribution in [0.3, 0.4) is 0 Å². The van der Waals surface area contributed by atoms with Gasteiger partial charge in [-0.05, 0) is 24.5 Å². The highest BCUT2D eigenvalue weighted by Crippen LogP contribution is 2.41. The maximum Gasteiger partial charge on any atom is 0.175 e. The van der Waals surface area contributed by atoms with Crippen molar-refractivity contribution in [1.29, 1.82) is 0 Å². The average molecular weight is 291 g/mol. The average Bonchev–Trinajstić information content (AvgIpc) is 2.37. The summed E-state index contributed by atoms with van der Waals surface area (Å²) >= 11 is 6.23. The minimum Gasteiger partial charge on any atom is -0.385 e. The molecule has 3 nitrogen and oxygen atoms in total. The molecule has 0 saturated heterocycles. The van der Waals surface area contributed by atoms with Gasteiger partial charge in [0.05, 0.1) is 0 Å². The molecule has 0 unspecified atom stereocenters. The number of aliphatic hydroxyl groups excluding tert-OH is 1. The van der Waals surface area contributed by atoms with Crippen molar-refractivity contribution < 1.29 is 13.5 Å². The Balaban J connectivity index is 3.31.